The highest BCUT2D eigenvalue weighted by atomic mass is 15.1. The van der Waals surface area contributed by atoms with E-state index in [-0.39, 0.29) is 0 Å². The molecule has 39 heavy (non-hydrogen) atoms. The Kier molecular flexibility index (Phi) is 26.7. The van der Waals surface area contributed by atoms with E-state index in [1.165, 1.54) is 199 Å². The van der Waals surface area contributed by atoms with Crippen molar-refractivity contribution in [2.45, 2.75) is 220 Å². The highest BCUT2D eigenvalue weighted by Crippen LogP contribution is 2.15. The summed E-state index contributed by atoms with van der Waals surface area (Å²) in [4.78, 5) is 0. The number of aryl methyl sites for hydroxylation is 2. The molecule has 0 bridgehead atoms. The van der Waals surface area contributed by atoms with Crippen molar-refractivity contribution in [2.24, 2.45) is 0 Å². The molecular formula is C37H73N2+. The Morgan fingerprint density at radius 3 is 1.23 bits per heavy atom. The van der Waals surface area contributed by atoms with E-state index in [2.05, 4.69) is 42.3 Å². The number of hydrogen-bond donors (Lipinski definition) is 0. The van der Waals surface area contributed by atoms with Gasteiger partial charge < -0.3 is 0 Å². The molecule has 0 radical (unpaired) electrons. The lowest BCUT2D eigenvalue weighted by molar-refractivity contribution is -0.704. The molecule has 0 fully saturated rings. The summed E-state index contributed by atoms with van der Waals surface area (Å²) in [7, 11) is 0. The summed E-state index contributed by atoms with van der Waals surface area (Å²) in [6, 6.07) is 0. The molecule has 0 N–H and O–H groups in total. The van der Waals surface area contributed by atoms with Crippen LogP contribution in [-0.2, 0) is 19.5 Å². The van der Waals surface area contributed by atoms with E-state index in [0.29, 0.717) is 0 Å². The molecular weight excluding hydrogens is 472 g/mol. The number of aromatic nitrogens is 2. The summed E-state index contributed by atoms with van der Waals surface area (Å²) in [6.07, 6.45) is 45.9. The fraction of sp³-hybridized carbons (Fsp3) is 0.919. The molecule has 1 aromatic rings. The highest BCUT2D eigenvalue weighted by Gasteiger charge is 2.16. The first-order chi connectivity index (χ1) is 19.3. The molecule has 0 atom stereocenters. The Labute approximate surface area is 247 Å². The molecule has 0 amide bonds. The molecule has 0 aromatic carbocycles. The molecule has 0 aliphatic carbocycles. The van der Waals surface area contributed by atoms with Gasteiger partial charge in [0, 0.05) is 6.42 Å². The van der Waals surface area contributed by atoms with Gasteiger partial charge in [0.2, 0.25) is 0 Å². The zero-order chi connectivity index (χ0) is 28.1. The summed E-state index contributed by atoms with van der Waals surface area (Å²) in [5.41, 5.74) is 0. The third kappa shape index (κ3) is 21.6. The number of unbranched alkanes of at least 4 members (excludes halogenated alkanes) is 25. The van der Waals surface area contributed by atoms with Gasteiger partial charge in [-0.05, 0) is 32.1 Å². The molecule has 2 heteroatoms. The number of rotatable bonds is 31. The molecule has 0 unspecified atom stereocenters. The van der Waals surface area contributed by atoms with Crippen molar-refractivity contribution in [1.29, 1.82) is 0 Å². The second kappa shape index (κ2) is 28.7. The fourth-order valence-electron chi connectivity index (χ4n) is 6.15. The SMILES string of the molecule is CCCCCCCCCCCCCCc1n(CCCCCCCCCC)cc[n+]1CCCCCCCCCC. The van der Waals surface area contributed by atoms with Gasteiger partial charge in [-0.2, -0.15) is 0 Å². The summed E-state index contributed by atoms with van der Waals surface area (Å²) < 4.78 is 5.25. The second-order valence-corrected chi connectivity index (χ2v) is 12.7. The number of imidazole rings is 1. The fourth-order valence-corrected chi connectivity index (χ4v) is 6.15. The first-order valence-corrected chi connectivity index (χ1v) is 18.4. The zero-order valence-corrected chi connectivity index (χ0v) is 27.5. The number of nitrogens with zero attached hydrogens (tertiary/aromatic N) is 2. The van der Waals surface area contributed by atoms with Gasteiger partial charge in [-0.25, -0.2) is 9.13 Å². The maximum atomic E-state index is 2.63. The largest absolute Gasteiger partial charge is 0.256 e. The van der Waals surface area contributed by atoms with Crippen molar-refractivity contribution >= 4 is 0 Å². The third-order valence-corrected chi connectivity index (χ3v) is 8.85. The summed E-state index contributed by atoms with van der Waals surface area (Å²) in [6.45, 7) is 9.39. The molecule has 1 rings (SSSR count). The quantitative estimate of drug-likeness (QED) is 0.0648. The first-order valence-electron chi connectivity index (χ1n) is 18.4. The van der Waals surface area contributed by atoms with Crippen LogP contribution in [0.25, 0.3) is 0 Å². The Morgan fingerprint density at radius 1 is 0.436 bits per heavy atom. The molecule has 0 aliphatic rings. The summed E-state index contributed by atoms with van der Waals surface area (Å²) in [5, 5.41) is 0. The summed E-state index contributed by atoms with van der Waals surface area (Å²) >= 11 is 0. The maximum absolute atomic E-state index is 2.63. The van der Waals surface area contributed by atoms with Gasteiger partial charge in [0.1, 0.15) is 12.4 Å². The minimum atomic E-state index is 1.23. The van der Waals surface area contributed by atoms with Crippen LogP contribution in [-0.4, -0.2) is 4.57 Å². The number of hydrogen-bond acceptors (Lipinski definition) is 0. The van der Waals surface area contributed by atoms with Crippen LogP contribution < -0.4 is 4.57 Å². The van der Waals surface area contributed by atoms with Crippen LogP contribution >= 0.6 is 0 Å². The van der Waals surface area contributed by atoms with Crippen molar-refractivity contribution < 1.29 is 4.57 Å². The third-order valence-electron chi connectivity index (χ3n) is 8.85. The maximum Gasteiger partial charge on any atom is 0.256 e. The van der Waals surface area contributed by atoms with Gasteiger partial charge in [-0.15, -0.1) is 0 Å². The Bertz CT molecular complexity index is 567. The predicted molar refractivity (Wildman–Crippen MR) is 175 cm³/mol. The van der Waals surface area contributed by atoms with E-state index >= 15 is 0 Å². The lowest BCUT2D eigenvalue weighted by Gasteiger charge is -2.07. The minimum Gasteiger partial charge on any atom is -0.234 e. The van der Waals surface area contributed by atoms with Gasteiger partial charge in [0.15, 0.2) is 0 Å². The summed E-state index contributed by atoms with van der Waals surface area (Å²) in [5.74, 6) is 1.62. The minimum absolute atomic E-state index is 1.23. The van der Waals surface area contributed by atoms with Crippen LogP contribution in [0.5, 0.6) is 0 Å². The average molecular weight is 546 g/mol. The van der Waals surface area contributed by atoms with Gasteiger partial charge in [-0.1, -0.05) is 168 Å². The topological polar surface area (TPSA) is 8.81 Å². The molecule has 1 heterocycles. The lowest BCUT2D eigenvalue weighted by atomic mass is 10.0. The van der Waals surface area contributed by atoms with Crippen molar-refractivity contribution in [1.82, 2.24) is 4.57 Å². The van der Waals surface area contributed by atoms with Crippen LogP contribution in [0.15, 0.2) is 12.4 Å². The van der Waals surface area contributed by atoms with E-state index in [1.54, 1.807) is 5.82 Å². The molecule has 230 valence electrons. The van der Waals surface area contributed by atoms with E-state index in [0.717, 1.165) is 0 Å². The van der Waals surface area contributed by atoms with Crippen molar-refractivity contribution in [2.75, 3.05) is 0 Å². The lowest BCUT2D eigenvalue weighted by Crippen LogP contribution is -2.37. The van der Waals surface area contributed by atoms with Gasteiger partial charge in [-0.3, -0.25) is 0 Å². The Morgan fingerprint density at radius 2 is 0.795 bits per heavy atom. The van der Waals surface area contributed by atoms with Crippen LogP contribution in [0.4, 0.5) is 0 Å². The van der Waals surface area contributed by atoms with E-state index in [4.69, 9.17) is 0 Å². The monoisotopic (exact) mass is 546 g/mol. The first kappa shape index (κ1) is 36.2. The van der Waals surface area contributed by atoms with Crippen molar-refractivity contribution in [3.63, 3.8) is 0 Å². The molecule has 2 nitrogen and oxygen atoms in total. The van der Waals surface area contributed by atoms with E-state index < -0.39 is 0 Å². The second-order valence-electron chi connectivity index (χ2n) is 12.7. The van der Waals surface area contributed by atoms with Crippen LogP contribution in [0, 0.1) is 0 Å². The normalized spacial score (nSPS) is 11.6. The van der Waals surface area contributed by atoms with Crippen molar-refractivity contribution in [3.05, 3.63) is 18.2 Å². The van der Waals surface area contributed by atoms with Gasteiger partial charge >= 0.3 is 0 Å². The van der Waals surface area contributed by atoms with Crippen LogP contribution in [0.1, 0.15) is 206 Å². The predicted octanol–water partition coefficient (Wildman–Crippen LogP) is 12.3. The Hall–Kier alpha value is -0.790. The van der Waals surface area contributed by atoms with Crippen LogP contribution in [0.3, 0.4) is 0 Å². The highest BCUT2D eigenvalue weighted by molar-refractivity contribution is 4.84. The van der Waals surface area contributed by atoms with Crippen LogP contribution in [0.2, 0.25) is 0 Å². The molecule has 0 saturated carbocycles. The van der Waals surface area contributed by atoms with E-state index in [1.807, 2.05) is 0 Å². The van der Waals surface area contributed by atoms with Gasteiger partial charge in [0.05, 0.1) is 13.1 Å². The zero-order valence-electron chi connectivity index (χ0n) is 27.5. The molecule has 1 aromatic heterocycles. The standard InChI is InChI=1S/C37H73N2/c1-4-7-10-13-16-19-20-21-22-23-26-29-32-37-38(33-30-27-24-17-14-11-8-5-2)35-36-39(37)34-31-28-25-18-15-12-9-6-3/h35-36H,4-34H2,1-3H3/q+1. The van der Waals surface area contributed by atoms with Crippen molar-refractivity contribution in [3.8, 4) is 0 Å². The van der Waals surface area contributed by atoms with E-state index in [9.17, 15) is 0 Å². The Balaban J connectivity index is 2.32. The average Bonchev–Trinajstić information content (AvgIpc) is 3.33. The molecule has 0 spiro atoms. The molecule has 0 saturated heterocycles. The smallest absolute Gasteiger partial charge is 0.234 e. The van der Waals surface area contributed by atoms with Gasteiger partial charge in [0.25, 0.3) is 5.82 Å². The molecule has 0 aliphatic heterocycles.